The van der Waals surface area contributed by atoms with Crippen LogP contribution in [0.1, 0.15) is 68.5 Å². The van der Waals surface area contributed by atoms with Gasteiger partial charge in [-0.05, 0) is 12.1 Å². The number of carboxylic acids is 1. The number of aromatic nitrogens is 1. The minimum atomic E-state index is -0.809. The fourth-order valence-electron chi connectivity index (χ4n) is 4.91. The van der Waals surface area contributed by atoms with Crippen molar-refractivity contribution < 1.29 is 28.7 Å². The van der Waals surface area contributed by atoms with Gasteiger partial charge < -0.3 is 26.4 Å². The number of carboxylic acid groups (broad SMARTS) is 1. The van der Waals surface area contributed by atoms with E-state index < -0.39 is 5.97 Å². The molecule has 2 saturated carbocycles. The topological polar surface area (TPSA) is 107 Å². The number of hydrogen-bond donors (Lipinski definition) is 1. The molecule has 3 aliphatic rings. The second-order valence-corrected chi connectivity index (χ2v) is 11.9. The van der Waals surface area contributed by atoms with Crippen LogP contribution in [0.4, 0.5) is 0 Å². The molecule has 1 unspecified atom stereocenters. The summed E-state index contributed by atoms with van der Waals surface area (Å²) in [6, 6.07) is 5.09. The Morgan fingerprint density at radius 1 is 0.912 bits per heavy atom. The van der Waals surface area contributed by atoms with Crippen LogP contribution in [0.2, 0.25) is 0 Å². The quantitative estimate of drug-likeness (QED) is 0.293. The zero-order valence-electron chi connectivity index (χ0n) is 19.3. The van der Waals surface area contributed by atoms with Crippen LogP contribution in [-0.2, 0) is 31.0 Å². The number of nitrogens with zero attached hydrogens (tertiary/aromatic N) is 5. The van der Waals surface area contributed by atoms with E-state index in [4.69, 9.17) is 51.6 Å². The number of pyridine rings is 1. The van der Waals surface area contributed by atoms with Crippen LogP contribution < -0.4 is 0 Å². The van der Waals surface area contributed by atoms with E-state index in [2.05, 4.69) is 0 Å². The molecule has 0 spiro atoms. The van der Waals surface area contributed by atoms with Gasteiger partial charge in [0, 0.05) is 22.0 Å². The van der Waals surface area contributed by atoms with E-state index in [1.165, 1.54) is 37.4 Å². The molecule has 2 aliphatic carbocycles. The zero-order chi connectivity index (χ0) is 24.2. The average molecular weight is 578 g/mol. The van der Waals surface area contributed by atoms with Gasteiger partial charge in [-0.2, -0.15) is 37.3 Å². The van der Waals surface area contributed by atoms with Crippen molar-refractivity contribution >= 4 is 37.9 Å². The Morgan fingerprint density at radius 3 is 1.74 bits per heavy atom. The molecule has 4 rings (SSSR count). The molecule has 0 aromatic carbocycles. The first-order valence-corrected chi connectivity index (χ1v) is 16.2. The van der Waals surface area contributed by atoms with Crippen molar-refractivity contribution in [3.8, 4) is 0 Å². The van der Waals surface area contributed by atoms with Crippen LogP contribution in [0.15, 0.2) is 17.0 Å². The van der Waals surface area contributed by atoms with Gasteiger partial charge >= 0.3 is 39.3 Å². The van der Waals surface area contributed by atoms with Crippen LogP contribution in [0.3, 0.4) is 0 Å². The summed E-state index contributed by atoms with van der Waals surface area (Å²) in [7, 11) is 9.59. The number of rotatable bonds is 3. The Bertz CT molecular complexity index is 736. The molecule has 201 valence electrons. The molecule has 1 aliphatic heterocycles. The van der Waals surface area contributed by atoms with Gasteiger partial charge in [-0.15, -0.1) is 24.9 Å². The first-order chi connectivity index (χ1) is 16.6. The molecule has 0 saturated heterocycles. The Morgan fingerprint density at radius 2 is 1.32 bits per heavy atom. The van der Waals surface area contributed by atoms with Crippen LogP contribution in [0.25, 0.3) is 21.3 Å². The fraction of sp³-hybridized carbons (Fsp3) is 0.739. The molecule has 7 nitrogen and oxygen atoms in total. The number of aliphatic carboxylic acids is 1. The summed E-state index contributed by atoms with van der Waals surface area (Å²) in [4.78, 5) is 16.8. The summed E-state index contributed by atoms with van der Waals surface area (Å²) in [5.41, 5.74) is 1.81. The van der Waals surface area contributed by atoms with Gasteiger partial charge in [-0.25, -0.2) is 0 Å². The van der Waals surface area contributed by atoms with Crippen LogP contribution in [-0.4, -0.2) is 59.1 Å². The van der Waals surface area contributed by atoms with Gasteiger partial charge in [0.25, 0.3) is 0 Å². The zero-order valence-corrected chi connectivity index (χ0v) is 22.8. The normalized spacial score (nSPS) is 28.2. The molecule has 2 fully saturated rings. The van der Waals surface area contributed by atoms with E-state index in [0.29, 0.717) is 25.2 Å². The van der Waals surface area contributed by atoms with E-state index in [1.54, 1.807) is 0 Å². The Kier molecular flexibility index (Phi) is 13.3. The molecule has 0 amide bonds. The Balaban J connectivity index is 0. The van der Waals surface area contributed by atoms with Gasteiger partial charge in [0.05, 0.1) is 5.75 Å². The largest absolute Gasteiger partial charge is 0 e. The van der Waals surface area contributed by atoms with Crippen LogP contribution in [0.5, 0.6) is 0 Å². The maximum atomic E-state index is 11.1. The van der Waals surface area contributed by atoms with Crippen molar-refractivity contribution in [3.63, 3.8) is 0 Å². The fourth-order valence-corrected chi connectivity index (χ4v) is 5.64. The van der Waals surface area contributed by atoms with Gasteiger partial charge in [0.1, 0.15) is 0 Å². The molecule has 2 bridgehead atoms. The van der Waals surface area contributed by atoms with Crippen molar-refractivity contribution in [1.29, 1.82) is 0 Å². The molecule has 0 radical (unpaired) electrons. The Hall–Kier alpha value is -0.0905. The second-order valence-electron chi connectivity index (χ2n) is 8.85. The molecular weight excluding hydrogens is 536 g/mol. The van der Waals surface area contributed by atoms with Crippen molar-refractivity contribution in [2.45, 2.75) is 93.5 Å². The van der Waals surface area contributed by atoms with E-state index in [1.807, 2.05) is 12.1 Å². The third-order valence-corrected chi connectivity index (χ3v) is 7.42. The smallest absolute Gasteiger partial charge is 0 e. The minimum absolute atomic E-state index is 0. The number of carbonyl (C=O) groups is 1. The molecule has 11 heteroatoms. The van der Waals surface area contributed by atoms with Crippen LogP contribution in [0, 0.1) is 0 Å². The molecule has 1 aromatic rings. The molecule has 1 aromatic heterocycles. The van der Waals surface area contributed by atoms with Crippen molar-refractivity contribution in [2.75, 3.05) is 18.8 Å². The summed E-state index contributed by atoms with van der Waals surface area (Å²) >= 11 is 1.35. The van der Waals surface area contributed by atoms with Gasteiger partial charge in [0.15, 0.2) is 0 Å². The molecule has 2 heterocycles. The van der Waals surface area contributed by atoms with Gasteiger partial charge in [-0.3, -0.25) is 9.78 Å². The first kappa shape index (κ1) is 28.5. The standard InChI is InChI=1S/C23H33N5O2S.2ClH.Mn.4H2/c29-23(30)15-31-18-11-16-13-26-21-7-3-1-5-19(21)24-9-10-25-20-6-2-4-8-22(20)27-14-17(12-18)28-16;;;;;;;/h11-12,19-22H,1-10,13-15H2,(H,29,30);2*1H;;4*1H/q-4;;;+2;;;;/p-2/t19-,20?,21-,22-;;;;;;;/m1......./s1. The van der Waals surface area contributed by atoms with E-state index >= 15 is 0 Å². The van der Waals surface area contributed by atoms with Gasteiger partial charge in [-0.1, -0.05) is 51.4 Å². The molecule has 4 atom stereocenters. The van der Waals surface area contributed by atoms with Crippen molar-refractivity contribution in [2.24, 2.45) is 0 Å². The first-order valence-electron chi connectivity index (χ1n) is 12.0. The van der Waals surface area contributed by atoms with E-state index in [9.17, 15) is 4.79 Å². The summed E-state index contributed by atoms with van der Waals surface area (Å²) < 4.78 is 0. The van der Waals surface area contributed by atoms with Crippen LogP contribution >= 0.6 is 32.0 Å². The maximum absolute atomic E-state index is 11.1. The van der Waals surface area contributed by atoms with Gasteiger partial charge in [0.2, 0.25) is 0 Å². The Labute approximate surface area is 228 Å². The number of thioether (sulfide) groups is 1. The number of halogens is 2. The summed E-state index contributed by atoms with van der Waals surface area (Å²) in [5.74, 6) is -0.763. The second kappa shape index (κ2) is 15.9. The third kappa shape index (κ3) is 9.75. The molecule has 34 heavy (non-hydrogen) atoms. The third-order valence-electron chi connectivity index (χ3n) is 6.46. The van der Waals surface area contributed by atoms with Crippen molar-refractivity contribution in [1.82, 2.24) is 4.98 Å². The summed E-state index contributed by atoms with van der Waals surface area (Å²) in [6.07, 6.45) is 9.28. The SMILES string of the molecule is O=C(O)CSc1cc2nc(c1)C[N-][C@@H]1CCCC[C@H]1[N-]CC[N-]C1CCCC[C@H]1[N-]C2.[Cl][Mn][Cl].[HH].[HH].[HH].[HH]. The molecular formula is C23H41Cl2MnN5O2S-4. The minimum Gasteiger partial charge on any atom is 0 e. The predicted molar refractivity (Wildman–Crippen MR) is 145 cm³/mol. The average Bonchev–Trinajstić information content (AvgIpc) is 2.84. The monoisotopic (exact) mass is 576 g/mol. The van der Waals surface area contributed by atoms with E-state index in [-0.39, 0.29) is 36.7 Å². The predicted octanol–water partition coefficient (Wildman–Crippen LogP) is 7.75. The van der Waals surface area contributed by atoms with Crippen molar-refractivity contribution in [3.05, 3.63) is 44.8 Å². The van der Waals surface area contributed by atoms with E-state index in [0.717, 1.165) is 55.1 Å². The summed E-state index contributed by atoms with van der Waals surface area (Å²) in [6.45, 7) is 2.70. The number of hydrogen-bond acceptors (Lipinski definition) is 3. The summed E-state index contributed by atoms with van der Waals surface area (Å²) in [5, 5.41) is 29.0. The maximum Gasteiger partial charge on any atom is 0 e. The molecule has 1 N–H and O–H groups in total. The number of fused-ring (bicyclic) bond motifs is 4.